The maximum absolute atomic E-state index is 13.5. The van der Waals surface area contributed by atoms with Crippen LogP contribution in [0, 0.1) is 12.7 Å². The fraction of sp³-hybridized carbons (Fsp3) is 0.188. The lowest BCUT2D eigenvalue weighted by Gasteiger charge is -2.08. The largest absolute Gasteiger partial charge is 0.398 e. The zero-order valence-corrected chi connectivity index (χ0v) is 11.5. The molecule has 102 valence electrons. The van der Waals surface area contributed by atoms with Crippen molar-refractivity contribution in [2.75, 3.05) is 5.73 Å². The van der Waals surface area contributed by atoms with Gasteiger partial charge < -0.3 is 10.3 Å². The highest BCUT2D eigenvalue weighted by molar-refractivity contribution is 5.84. The van der Waals surface area contributed by atoms with Crippen LogP contribution in [0.1, 0.15) is 12.5 Å². The lowest BCUT2D eigenvalue weighted by atomic mass is 10.1. The highest BCUT2D eigenvalue weighted by Crippen LogP contribution is 2.29. The lowest BCUT2D eigenvalue weighted by Crippen LogP contribution is -2.00. The molecule has 0 saturated carbocycles. The average molecular weight is 269 g/mol. The second-order valence-electron chi connectivity index (χ2n) is 4.90. The zero-order chi connectivity index (χ0) is 14.3. The number of nitrogens with zero attached hydrogens (tertiary/aromatic N) is 2. The van der Waals surface area contributed by atoms with Gasteiger partial charge in [-0.3, -0.25) is 0 Å². The zero-order valence-electron chi connectivity index (χ0n) is 11.5. The third-order valence-corrected chi connectivity index (χ3v) is 3.48. The summed E-state index contributed by atoms with van der Waals surface area (Å²) in [5.74, 6) is 0.408. The van der Waals surface area contributed by atoms with Gasteiger partial charge in [-0.15, -0.1) is 0 Å². The molecule has 0 aliphatic rings. The number of aryl methyl sites for hydroxylation is 2. The van der Waals surface area contributed by atoms with E-state index in [4.69, 9.17) is 5.73 Å². The monoisotopic (exact) mass is 269 g/mol. The Hall–Kier alpha value is -2.36. The number of hydrogen-bond acceptors (Lipinski definition) is 2. The Kier molecular flexibility index (Phi) is 2.93. The third-order valence-electron chi connectivity index (χ3n) is 3.48. The molecule has 3 aromatic rings. The summed E-state index contributed by atoms with van der Waals surface area (Å²) in [4.78, 5) is 4.63. The summed E-state index contributed by atoms with van der Waals surface area (Å²) in [6.45, 7) is 4.82. The number of anilines is 1. The first-order valence-electron chi connectivity index (χ1n) is 6.62. The molecule has 0 aliphatic carbocycles. The van der Waals surface area contributed by atoms with E-state index in [0.717, 1.165) is 23.1 Å². The lowest BCUT2D eigenvalue weighted by molar-refractivity contribution is 0.628. The van der Waals surface area contributed by atoms with Gasteiger partial charge in [0.25, 0.3) is 0 Å². The van der Waals surface area contributed by atoms with E-state index in [-0.39, 0.29) is 5.82 Å². The van der Waals surface area contributed by atoms with Crippen molar-refractivity contribution >= 4 is 16.7 Å². The van der Waals surface area contributed by atoms with Crippen LogP contribution in [0.25, 0.3) is 22.4 Å². The number of nitrogens with two attached hydrogens (primary N) is 1. The highest BCUT2D eigenvalue weighted by Gasteiger charge is 2.14. The molecular formula is C16H16FN3. The first-order chi connectivity index (χ1) is 9.60. The maximum atomic E-state index is 13.5. The Bertz CT molecular complexity index is 790. The molecule has 4 heteroatoms. The molecule has 0 spiro atoms. The molecule has 3 rings (SSSR count). The number of nitrogen functional groups attached to an aromatic ring is 1. The Balaban J connectivity index is 2.32. The third kappa shape index (κ3) is 1.93. The SMILES string of the molecule is CCn1c(-c2cc(F)ccc2N)nc2cc(C)ccc21. The normalized spacial score (nSPS) is 11.2. The number of rotatable bonds is 2. The van der Waals surface area contributed by atoms with Crippen molar-refractivity contribution < 1.29 is 4.39 Å². The quantitative estimate of drug-likeness (QED) is 0.720. The first-order valence-corrected chi connectivity index (χ1v) is 6.62. The van der Waals surface area contributed by atoms with E-state index >= 15 is 0 Å². The summed E-state index contributed by atoms with van der Waals surface area (Å²) < 4.78 is 15.6. The van der Waals surface area contributed by atoms with Crippen molar-refractivity contribution in [2.24, 2.45) is 0 Å². The summed E-state index contributed by atoms with van der Waals surface area (Å²) >= 11 is 0. The average Bonchev–Trinajstić information content (AvgIpc) is 2.78. The highest BCUT2D eigenvalue weighted by atomic mass is 19.1. The summed E-state index contributed by atoms with van der Waals surface area (Å²) in [6.07, 6.45) is 0. The standard InChI is InChI=1S/C16H16FN3/c1-3-20-15-7-4-10(2)8-14(15)19-16(20)12-9-11(17)5-6-13(12)18/h4-9H,3,18H2,1-2H3. The van der Waals surface area contributed by atoms with Crippen LogP contribution in [0.4, 0.5) is 10.1 Å². The van der Waals surface area contributed by atoms with E-state index in [2.05, 4.69) is 15.6 Å². The number of fused-ring (bicyclic) bond motifs is 1. The Morgan fingerprint density at radius 3 is 2.75 bits per heavy atom. The van der Waals surface area contributed by atoms with Gasteiger partial charge in [0.1, 0.15) is 11.6 Å². The van der Waals surface area contributed by atoms with E-state index in [0.29, 0.717) is 17.1 Å². The summed E-state index contributed by atoms with van der Waals surface area (Å²) in [5.41, 5.74) is 10.2. The topological polar surface area (TPSA) is 43.8 Å². The molecule has 1 heterocycles. The van der Waals surface area contributed by atoms with Crippen LogP contribution in [0.15, 0.2) is 36.4 Å². The predicted molar refractivity (Wildman–Crippen MR) is 80.0 cm³/mol. The van der Waals surface area contributed by atoms with Gasteiger partial charge in [0.15, 0.2) is 0 Å². The van der Waals surface area contributed by atoms with Crippen LogP contribution < -0.4 is 5.73 Å². The molecule has 0 amide bonds. The Labute approximate surface area is 116 Å². The predicted octanol–water partition coefficient (Wildman–Crippen LogP) is 3.75. The summed E-state index contributed by atoms with van der Waals surface area (Å²) in [7, 11) is 0. The molecule has 1 aromatic heterocycles. The van der Waals surface area contributed by atoms with Crippen LogP contribution in [-0.2, 0) is 6.54 Å². The van der Waals surface area contributed by atoms with Gasteiger partial charge in [-0.25, -0.2) is 9.37 Å². The van der Waals surface area contributed by atoms with Crippen LogP contribution >= 0.6 is 0 Å². The summed E-state index contributed by atoms with van der Waals surface area (Å²) in [6, 6.07) is 10.5. The minimum Gasteiger partial charge on any atom is -0.398 e. The number of benzene rings is 2. The minimum atomic E-state index is -0.305. The van der Waals surface area contributed by atoms with Crippen LogP contribution in [0.5, 0.6) is 0 Å². The van der Waals surface area contributed by atoms with Gasteiger partial charge in [0.05, 0.1) is 11.0 Å². The van der Waals surface area contributed by atoms with Crippen molar-refractivity contribution in [1.82, 2.24) is 9.55 Å². The molecule has 0 bridgehead atoms. The van der Waals surface area contributed by atoms with Gasteiger partial charge in [0, 0.05) is 17.8 Å². The fourth-order valence-corrected chi connectivity index (χ4v) is 2.49. The van der Waals surface area contributed by atoms with Gasteiger partial charge >= 0.3 is 0 Å². The molecule has 0 radical (unpaired) electrons. The molecular weight excluding hydrogens is 253 g/mol. The number of aromatic nitrogens is 2. The molecule has 0 saturated heterocycles. The molecule has 2 N–H and O–H groups in total. The molecule has 2 aromatic carbocycles. The van der Waals surface area contributed by atoms with Crippen molar-refractivity contribution in [3.8, 4) is 11.4 Å². The van der Waals surface area contributed by atoms with Crippen LogP contribution in [-0.4, -0.2) is 9.55 Å². The van der Waals surface area contributed by atoms with Crippen LogP contribution in [0.3, 0.4) is 0 Å². The molecule has 0 fully saturated rings. The minimum absolute atomic E-state index is 0.305. The first kappa shape index (κ1) is 12.7. The fourth-order valence-electron chi connectivity index (χ4n) is 2.49. The molecule has 20 heavy (non-hydrogen) atoms. The second kappa shape index (κ2) is 4.63. The van der Waals surface area contributed by atoms with E-state index in [9.17, 15) is 4.39 Å². The van der Waals surface area contributed by atoms with Gasteiger partial charge in [-0.1, -0.05) is 6.07 Å². The van der Waals surface area contributed by atoms with E-state index in [1.807, 2.05) is 26.0 Å². The van der Waals surface area contributed by atoms with Gasteiger partial charge in [0.2, 0.25) is 0 Å². The summed E-state index contributed by atoms with van der Waals surface area (Å²) in [5, 5.41) is 0. The van der Waals surface area contributed by atoms with Crippen molar-refractivity contribution in [1.29, 1.82) is 0 Å². The number of halogens is 1. The molecule has 0 atom stereocenters. The molecule has 0 unspecified atom stereocenters. The van der Waals surface area contributed by atoms with Gasteiger partial charge in [-0.05, 0) is 49.7 Å². The van der Waals surface area contributed by atoms with Crippen LogP contribution in [0.2, 0.25) is 0 Å². The molecule has 3 nitrogen and oxygen atoms in total. The Morgan fingerprint density at radius 2 is 2.00 bits per heavy atom. The van der Waals surface area contributed by atoms with E-state index in [1.54, 1.807) is 6.07 Å². The van der Waals surface area contributed by atoms with E-state index in [1.165, 1.54) is 12.1 Å². The van der Waals surface area contributed by atoms with E-state index < -0.39 is 0 Å². The maximum Gasteiger partial charge on any atom is 0.143 e. The number of imidazole rings is 1. The van der Waals surface area contributed by atoms with Crippen molar-refractivity contribution in [3.05, 3.63) is 47.8 Å². The number of hydrogen-bond donors (Lipinski definition) is 1. The van der Waals surface area contributed by atoms with Crippen molar-refractivity contribution in [2.45, 2.75) is 20.4 Å². The second-order valence-corrected chi connectivity index (χ2v) is 4.90. The smallest absolute Gasteiger partial charge is 0.143 e. The molecule has 0 aliphatic heterocycles. The van der Waals surface area contributed by atoms with Gasteiger partial charge in [-0.2, -0.15) is 0 Å². The Morgan fingerprint density at radius 1 is 1.20 bits per heavy atom. The van der Waals surface area contributed by atoms with Crippen molar-refractivity contribution in [3.63, 3.8) is 0 Å².